The van der Waals surface area contributed by atoms with Crippen molar-refractivity contribution >= 4 is 6.29 Å². The van der Waals surface area contributed by atoms with Gasteiger partial charge in [0.15, 0.2) is 0 Å². The molecule has 0 aromatic rings. The molecule has 0 aliphatic rings. The van der Waals surface area contributed by atoms with Crippen LogP contribution in [0, 0.1) is 11.8 Å². The van der Waals surface area contributed by atoms with E-state index in [-0.39, 0.29) is 0 Å². The molecule has 0 spiro atoms. The number of allylic oxidation sites excluding steroid dienone is 2. The quantitative estimate of drug-likeness (QED) is 0.429. The number of aldehydes is 1. The van der Waals surface area contributed by atoms with E-state index in [0.29, 0.717) is 11.8 Å². The molecule has 94 valence electrons. The molecule has 0 heterocycles. The lowest BCUT2D eigenvalue weighted by molar-refractivity contribution is -0.105. The predicted molar refractivity (Wildman–Crippen MR) is 71.5 cm³/mol. The summed E-state index contributed by atoms with van der Waals surface area (Å²) in [7, 11) is 0. The molecule has 0 aliphatic heterocycles. The second-order valence-corrected chi connectivity index (χ2v) is 5.55. The Balaban J connectivity index is 4.73. The van der Waals surface area contributed by atoms with E-state index in [9.17, 15) is 4.79 Å². The molecule has 0 atom stereocenters. The van der Waals surface area contributed by atoms with Crippen molar-refractivity contribution in [2.24, 2.45) is 11.8 Å². The maximum absolute atomic E-state index is 11.2. The minimum absolute atomic E-state index is 0.644. The smallest absolute Gasteiger partial charge is 0.145 e. The third-order valence-corrected chi connectivity index (χ3v) is 2.71. The summed E-state index contributed by atoms with van der Waals surface area (Å²) in [4.78, 5) is 11.2. The Morgan fingerprint density at radius 3 is 1.88 bits per heavy atom. The van der Waals surface area contributed by atoms with Crippen LogP contribution in [0.5, 0.6) is 0 Å². The van der Waals surface area contributed by atoms with Gasteiger partial charge < -0.3 is 0 Å². The lowest BCUT2D eigenvalue weighted by Crippen LogP contribution is -2.02. The lowest BCUT2D eigenvalue weighted by Gasteiger charge is -2.16. The molecule has 0 fully saturated rings. The normalized spacial score (nSPS) is 10.9. The number of carbonyl (C=O) groups excluding carboxylic acids is 1. The molecule has 0 saturated carbocycles. The first-order valence-electron chi connectivity index (χ1n) is 6.67. The Hall–Kier alpha value is -0.590. The highest BCUT2D eigenvalue weighted by molar-refractivity contribution is 5.74. The van der Waals surface area contributed by atoms with Gasteiger partial charge in [-0.15, -0.1) is 0 Å². The van der Waals surface area contributed by atoms with Gasteiger partial charge in [-0.25, -0.2) is 0 Å². The molecule has 0 radical (unpaired) electrons. The highest BCUT2D eigenvalue weighted by Gasteiger charge is 2.10. The molecular formula is C15H28O. The monoisotopic (exact) mass is 224 g/mol. The van der Waals surface area contributed by atoms with Crippen LogP contribution in [0.25, 0.3) is 0 Å². The summed E-state index contributed by atoms with van der Waals surface area (Å²) in [5.74, 6) is 1.29. The van der Waals surface area contributed by atoms with Crippen LogP contribution in [0.1, 0.15) is 66.7 Å². The molecule has 1 heteroatoms. The van der Waals surface area contributed by atoms with Crippen LogP contribution in [0.4, 0.5) is 0 Å². The molecule has 0 aromatic carbocycles. The van der Waals surface area contributed by atoms with Crippen molar-refractivity contribution in [3.8, 4) is 0 Å². The SMILES string of the molecule is CCCCC(C=O)=C(CC(C)C)CC(C)C. The van der Waals surface area contributed by atoms with E-state index in [1.807, 2.05) is 0 Å². The zero-order valence-corrected chi connectivity index (χ0v) is 11.7. The Kier molecular flexibility index (Phi) is 8.23. The van der Waals surface area contributed by atoms with Gasteiger partial charge in [0.2, 0.25) is 0 Å². The molecule has 0 aromatic heterocycles. The predicted octanol–water partition coefficient (Wildman–Crippen LogP) is 4.76. The summed E-state index contributed by atoms with van der Waals surface area (Å²) in [5.41, 5.74) is 2.47. The lowest BCUT2D eigenvalue weighted by atomic mass is 9.90. The van der Waals surface area contributed by atoms with Crippen LogP contribution in [0.3, 0.4) is 0 Å². The maximum Gasteiger partial charge on any atom is 0.145 e. The highest BCUT2D eigenvalue weighted by Crippen LogP contribution is 2.24. The summed E-state index contributed by atoms with van der Waals surface area (Å²) >= 11 is 0. The summed E-state index contributed by atoms with van der Waals surface area (Å²) in [5, 5.41) is 0. The van der Waals surface area contributed by atoms with Gasteiger partial charge in [-0.2, -0.15) is 0 Å². The first kappa shape index (κ1) is 15.4. The molecule has 1 nitrogen and oxygen atoms in total. The molecule has 0 aliphatic carbocycles. The number of hydrogen-bond donors (Lipinski definition) is 0. The highest BCUT2D eigenvalue weighted by atomic mass is 16.1. The molecule has 0 amide bonds. The van der Waals surface area contributed by atoms with E-state index in [4.69, 9.17) is 0 Å². The number of carbonyl (C=O) groups is 1. The topological polar surface area (TPSA) is 17.1 Å². The maximum atomic E-state index is 11.2. The molecule has 0 rings (SSSR count). The first-order valence-corrected chi connectivity index (χ1v) is 6.67. The van der Waals surface area contributed by atoms with Gasteiger partial charge in [-0.1, -0.05) is 46.6 Å². The van der Waals surface area contributed by atoms with Gasteiger partial charge in [0.1, 0.15) is 6.29 Å². The first-order chi connectivity index (χ1) is 7.51. The van der Waals surface area contributed by atoms with Crippen molar-refractivity contribution in [2.45, 2.75) is 66.7 Å². The molecule has 16 heavy (non-hydrogen) atoms. The zero-order chi connectivity index (χ0) is 12.6. The summed E-state index contributed by atoms with van der Waals surface area (Å²) in [6.45, 7) is 11.1. The molecule has 0 saturated heterocycles. The third kappa shape index (κ3) is 6.81. The zero-order valence-electron chi connectivity index (χ0n) is 11.7. The number of unbranched alkanes of at least 4 members (excludes halogenated alkanes) is 1. The van der Waals surface area contributed by atoms with Crippen LogP contribution in [-0.2, 0) is 4.79 Å². The van der Waals surface area contributed by atoms with Crippen LogP contribution in [0.15, 0.2) is 11.1 Å². The number of rotatable bonds is 8. The van der Waals surface area contributed by atoms with E-state index in [0.717, 1.165) is 44.0 Å². The minimum atomic E-state index is 0.644. The molecular weight excluding hydrogens is 196 g/mol. The van der Waals surface area contributed by atoms with E-state index in [1.165, 1.54) is 5.57 Å². The van der Waals surface area contributed by atoms with Crippen molar-refractivity contribution in [1.82, 2.24) is 0 Å². The second kappa shape index (κ2) is 8.55. The van der Waals surface area contributed by atoms with Crippen LogP contribution in [0.2, 0.25) is 0 Å². The van der Waals surface area contributed by atoms with Crippen molar-refractivity contribution in [1.29, 1.82) is 0 Å². The molecule has 0 N–H and O–H groups in total. The van der Waals surface area contributed by atoms with Gasteiger partial charge in [-0.05, 0) is 43.1 Å². The largest absolute Gasteiger partial charge is 0.298 e. The Morgan fingerprint density at radius 1 is 1.06 bits per heavy atom. The average Bonchev–Trinajstić information content (AvgIpc) is 2.16. The van der Waals surface area contributed by atoms with Gasteiger partial charge >= 0.3 is 0 Å². The van der Waals surface area contributed by atoms with Crippen LogP contribution < -0.4 is 0 Å². The fraction of sp³-hybridized carbons (Fsp3) is 0.800. The number of hydrogen-bond acceptors (Lipinski definition) is 1. The van der Waals surface area contributed by atoms with E-state index < -0.39 is 0 Å². The van der Waals surface area contributed by atoms with Gasteiger partial charge in [0.25, 0.3) is 0 Å². The van der Waals surface area contributed by atoms with Crippen LogP contribution >= 0.6 is 0 Å². The van der Waals surface area contributed by atoms with Crippen molar-refractivity contribution < 1.29 is 4.79 Å². The van der Waals surface area contributed by atoms with Crippen molar-refractivity contribution in [2.75, 3.05) is 0 Å². The van der Waals surface area contributed by atoms with Gasteiger partial charge in [-0.3, -0.25) is 4.79 Å². The van der Waals surface area contributed by atoms with Gasteiger partial charge in [0.05, 0.1) is 0 Å². The fourth-order valence-electron chi connectivity index (χ4n) is 2.02. The Morgan fingerprint density at radius 2 is 1.56 bits per heavy atom. The summed E-state index contributed by atoms with van der Waals surface area (Å²) in [6.07, 6.45) is 6.51. The van der Waals surface area contributed by atoms with E-state index in [1.54, 1.807) is 0 Å². The average molecular weight is 224 g/mol. The summed E-state index contributed by atoms with van der Waals surface area (Å²) in [6, 6.07) is 0. The molecule has 0 unspecified atom stereocenters. The second-order valence-electron chi connectivity index (χ2n) is 5.55. The van der Waals surface area contributed by atoms with Gasteiger partial charge in [0, 0.05) is 0 Å². The minimum Gasteiger partial charge on any atom is -0.298 e. The van der Waals surface area contributed by atoms with E-state index >= 15 is 0 Å². The fourth-order valence-corrected chi connectivity index (χ4v) is 2.02. The third-order valence-electron chi connectivity index (χ3n) is 2.71. The van der Waals surface area contributed by atoms with E-state index in [2.05, 4.69) is 34.6 Å². The standard InChI is InChI=1S/C15H28O/c1-6-7-8-14(11-16)15(9-12(2)3)10-13(4)5/h11-13H,6-10H2,1-5H3. The summed E-state index contributed by atoms with van der Waals surface area (Å²) < 4.78 is 0. The Bertz CT molecular complexity index is 212. The Labute approximate surface area is 101 Å². The van der Waals surface area contributed by atoms with Crippen molar-refractivity contribution in [3.63, 3.8) is 0 Å². The van der Waals surface area contributed by atoms with Crippen molar-refractivity contribution in [3.05, 3.63) is 11.1 Å². The molecule has 0 bridgehead atoms. The van der Waals surface area contributed by atoms with Crippen LogP contribution in [-0.4, -0.2) is 6.29 Å².